The van der Waals surface area contributed by atoms with Crippen molar-refractivity contribution in [2.75, 3.05) is 0 Å². The van der Waals surface area contributed by atoms with Crippen LogP contribution in [0.25, 0.3) is 11.0 Å². The first-order valence-corrected chi connectivity index (χ1v) is 7.84. The Kier molecular flexibility index (Phi) is 5.05. The predicted molar refractivity (Wildman–Crippen MR) is 84.9 cm³/mol. The van der Waals surface area contributed by atoms with E-state index in [0.29, 0.717) is 18.8 Å². The van der Waals surface area contributed by atoms with Gasteiger partial charge in [-0.05, 0) is 32.0 Å². The Labute approximate surface area is 131 Å². The molecule has 0 aliphatic heterocycles. The molecule has 6 heteroatoms. The second-order valence-corrected chi connectivity index (χ2v) is 6.10. The number of halogens is 2. The number of carbonyl (C=O) groups excluding carboxylic acids is 1. The number of fused-ring (bicyclic) bond motifs is 1. The number of rotatable bonds is 5. The molecule has 0 aliphatic carbocycles. The molecule has 1 heterocycles. The number of carbonyl (C=O) groups is 1. The lowest BCUT2D eigenvalue weighted by Crippen LogP contribution is -2.30. The van der Waals surface area contributed by atoms with Crippen LogP contribution < -0.4 is 5.32 Å². The molecule has 108 valence electrons. The third-order valence-electron chi connectivity index (χ3n) is 2.92. The minimum absolute atomic E-state index is 0.0412. The van der Waals surface area contributed by atoms with Crippen molar-refractivity contribution >= 4 is 44.5 Å². The summed E-state index contributed by atoms with van der Waals surface area (Å²) in [5, 5.41) is 2.89. The molecule has 0 radical (unpaired) electrons. The molecular formula is C14H17BrClN3O. The summed E-state index contributed by atoms with van der Waals surface area (Å²) >= 11 is 9.38. The molecule has 0 fully saturated rings. The van der Waals surface area contributed by atoms with Gasteiger partial charge in [-0.3, -0.25) is 4.79 Å². The van der Waals surface area contributed by atoms with Gasteiger partial charge >= 0.3 is 0 Å². The van der Waals surface area contributed by atoms with Crippen LogP contribution in [0.2, 0.25) is 0 Å². The first kappa shape index (κ1) is 15.3. The second kappa shape index (κ2) is 6.59. The second-order valence-electron chi connectivity index (χ2n) is 4.92. The van der Waals surface area contributed by atoms with Crippen LogP contribution in [0.1, 0.15) is 26.1 Å². The van der Waals surface area contributed by atoms with Crippen molar-refractivity contribution < 1.29 is 4.79 Å². The van der Waals surface area contributed by atoms with Gasteiger partial charge in [-0.1, -0.05) is 15.9 Å². The first-order chi connectivity index (χ1) is 9.51. The van der Waals surface area contributed by atoms with E-state index in [2.05, 4.69) is 26.2 Å². The SMILES string of the molecule is CC(C)NC(=O)CCn1c(CCl)nc2cc(Br)ccc21. The highest BCUT2D eigenvalue weighted by atomic mass is 79.9. The number of imidazole rings is 1. The van der Waals surface area contributed by atoms with Gasteiger partial charge in [-0.2, -0.15) is 0 Å². The van der Waals surface area contributed by atoms with Gasteiger partial charge in [0.05, 0.1) is 16.9 Å². The number of nitrogens with one attached hydrogen (secondary N) is 1. The van der Waals surface area contributed by atoms with Crippen LogP contribution in [-0.4, -0.2) is 21.5 Å². The van der Waals surface area contributed by atoms with Crippen LogP contribution in [0.4, 0.5) is 0 Å². The van der Waals surface area contributed by atoms with Gasteiger partial charge in [0.25, 0.3) is 0 Å². The van der Waals surface area contributed by atoms with Gasteiger partial charge in [-0.25, -0.2) is 4.98 Å². The number of hydrogen-bond acceptors (Lipinski definition) is 2. The van der Waals surface area contributed by atoms with Crippen LogP contribution in [0.15, 0.2) is 22.7 Å². The molecule has 1 amide bonds. The zero-order valence-electron chi connectivity index (χ0n) is 11.5. The van der Waals surface area contributed by atoms with Crippen LogP contribution >= 0.6 is 27.5 Å². The number of hydrogen-bond donors (Lipinski definition) is 1. The molecule has 2 aromatic rings. The third-order valence-corrected chi connectivity index (χ3v) is 3.65. The summed E-state index contributed by atoms with van der Waals surface area (Å²) in [6.45, 7) is 4.48. The Morgan fingerprint density at radius 2 is 2.25 bits per heavy atom. The summed E-state index contributed by atoms with van der Waals surface area (Å²) < 4.78 is 2.99. The molecule has 0 unspecified atom stereocenters. The van der Waals surface area contributed by atoms with Crippen LogP contribution in [-0.2, 0) is 17.2 Å². The van der Waals surface area contributed by atoms with Gasteiger partial charge in [0.15, 0.2) is 0 Å². The molecule has 4 nitrogen and oxygen atoms in total. The number of nitrogens with zero attached hydrogens (tertiary/aromatic N) is 2. The molecule has 0 spiro atoms. The van der Waals surface area contributed by atoms with E-state index in [1.54, 1.807) is 0 Å². The van der Waals surface area contributed by atoms with Crippen LogP contribution in [0.3, 0.4) is 0 Å². The molecule has 2 rings (SSSR count). The fraction of sp³-hybridized carbons (Fsp3) is 0.429. The summed E-state index contributed by atoms with van der Waals surface area (Å²) in [7, 11) is 0. The Balaban J connectivity index is 2.22. The third kappa shape index (κ3) is 3.52. The summed E-state index contributed by atoms with van der Waals surface area (Å²) in [4.78, 5) is 16.3. The molecule has 0 bridgehead atoms. The van der Waals surface area contributed by atoms with Crippen molar-refractivity contribution in [1.29, 1.82) is 0 Å². The van der Waals surface area contributed by atoms with E-state index in [4.69, 9.17) is 11.6 Å². The fourth-order valence-electron chi connectivity index (χ4n) is 2.11. The minimum Gasteiger partial charge on any atom is -0.354 e. The lowest BCUT2D eigenvalue weighted by atomic mass is 10.3. The van der Waals surface area contributed by atoms with Crippen molar-refractivity contribution in [3.8, 4) is 0 Å². The molecule has 20 heavy (non-hydrogen) atoms. The Hall–Kier alpha value is -1.07. The predicted octanol–water partition coefficient (Wildman–Crippen LogP) is 3.45. The van der Waals surface area contributed by atoms with Gasteiger partial charge in [0.2, 0.25) is 5.91 Å². The number of benzene rings is 1. The van der Waals surface area contributed by atoms with Crippen LogP contribution in [0, 0.1) is 0 Å². The maximum Gasteiger partial charge on any atom is 0.221 e. The Morgan fingerprint density at radius 1 is 1.50 bits per heavy atom. The fourth-order valence-corrected chi connectivity index (χ4v) is 2.66. The summed E-state index contributed by atoms with van der Waals surface area (Å²) in [5.74, 6) is 1.16. The molecule has 0 saturated heterocycles. The largest absolute Gasteiger partial charge is 0.354 e. The molecule has 0 aliphatic rings. The average molecular weight is 359 g/mol. The highest BCUT2D eigenvalue weighted by molar-refractivity contribution is 9.10. The lowest BCUT2D eigenvalue weighted by molar-refractivity contribution is -0.121. The zero-order chi connectivity index (χ0) is 14.7. The number of alkyl halides is 1. The summed E-state index contributed by atoms with van der Waals surface area (Å²) in [5.41, 5.74) is 1.89. The van der Waals surface area contributed by atoms with E-state index in [1.165, 1.54) is 0 Å². The smallest absolute Gasteiger partial charge is 0.221 e. The van der Waals surface area contributed by atoms with E-state index in [9.17, 15) is 4.79 Å². The van der Waals surface area contributed by atoms with Crippen molar-refractivity contribution in [2.24, 2.45) is 0 Å². The summed E-state index contributed by atoms with van der Waals surface area (Å²) in [6, 6.07) is 6.07. The van der Waals surface area contributed by atoms with E-state index < -0.39 is 0 Å². The molecule has 1 N–H and O–H groups in total. The highest BCUT2D eigenvalue weighted by Gasteiger charge is 2.12. The molecule has 0 saturated carbocycles. The zero-order valence-corrected chi connectivity index (χ0v) is 13.8. The number of aromatic nitrogens is 2. The molecule has 1 aromatic carbocycles. The normalized spacial score (nSPS) is 11.2. The maximum absolute atomic E-state index is 11.8. The van der Waals surface area contributed by atoms with Gasteiger partial charge in [0, 0.05) is 23.5 Å². The number of aryl methyl sites for hydroxylation is 1. The highest BCUT2D eigenvalue weighted by Crippen LogP contribution is 2.22. The van der Waals surface area contributed by atoms with Crippen molar-refractivity contribution in [1.82, 2.24) is 14.9 Å². The number of amides is 1. The average Bonchev–Trinajstić information content (AvgIpc) is 2.72. The van der Waals surface area contributed by atoms with E-state index in [1.807, 2.05) is 36.6 Å². The van der Waals surface area contributed by atoms with Gasteiger partial charge in [0.1, 0.15) is 5.82 Å². The monoisotopic (exact) mass is 357 g/mol. The van der Waals surface area contributed by atoms with Crippen molar-refractivity contribution in [3.63, 3.8) is 0 Å². The van der Waals surface area contributed by atoms with E-state index in [-0.39, 0.29) is 11.9 Å². The summed E-state index contributed by atoms with van der Waals surface area (Å²) in [6.07, 6.45) is 0.420. The van der Waals surface area contributed by atoms with E-state index in [0.717, 1.165) is 21.3 Å². The standard InChI is InChI=1S/C14H17BrClN3O/c1-9(2)17-14(20)5-6-19-12-4-3-10(15)7-11(12)18-13(19)8-16/h3-4,7,9H,5-6,8H2,1-2H3,(H,17,20). The molecule has 1 aromatic heterocycles. The van der Waals surface area contributed by atoms with Crippen molar-refractivity contribution in [2.45, 2.75) is 38.7 Å². The maximum atomic E-state index is 11.8. The Morgan fingerprint density at radius 3 is 2.90 bits per heavy atom. The van der Waals surface area contributed by atoms with Gasteiger partial charge in [-0.15, -0.1) is 11.6 Å². The molecular weight excluding hydrogens is 342 g/mol. The molecule has 0 atom stereocenters. The van der Waals surface area contributed by atoms with Gasteiger partial charge < -0.3 is 9.88 Å². The quantitative estimate of drug-likeness (QED) is 0.832. The van der Waals surface area contributed by atoms with Crippen LogP contribution in [0.5, 0.6) is 0 Å². The Bertz CT molecular complexity index is 624. The van der Waals surface area contributed by atoms with E-state index >= 15 is 0 Å². The lowest BCUT2D eigenvalue weighted by Gasteiger charge is -2.10. The minimum atomic E-state index is 0.0412. The first-order valence-electron chi connectivity index (χ1n) is 6.51. The van der Waals surface area contributed by atoms with Crippen molar-refractivity contribution in [3.05, 3.63) is 28.5 Å². The topological polar surface area (TPSA) is 46.9 Å².